The standard InChI is InChI=1S/C27H40N2O6S/c28-36(33,34)17-13-23-10-7-9-22(18-23)8-3-6-16-35-15-5-2-1-4-14-29-20-27(32)24-11-12-26(31)25(19-24)21-30/h7,9-13,17-19,27,29-32H,1-6,8,14-16,20-21H2,(H2,28,33,34)/b17-13+/t27-/m1/s1. The second-order valence-corrected chi connectivity index (χ2v) is 10.3. The lowest BCUT2D eigenvalue weighted by Gasteiger charge is -2.14. The monoisotopic (exact) mass is 520 g/mol. The van der Waals surface area contributed by atoms with E-state index < -0.39 is 16.1 Å². The number of aliphatic hydroxyl groups excluding tert-OH is 2. The summed E-state index contributed by atoms with van der Waals surface area (Å²) in [6, 6.07) is 12.5. The van der Waals surface area contributed by atoms with E-state index in [-0.39, 0.29) is 12.4 Å². The highest BCUT2D eigenvalue weighted by Crippen LogP contribution is 2.22. The molecule has 6 N–H and O–H groups in total. The average molecular weight is 521 g/mol. The molecule has 8 nitrogen and oxygen atoms in total. The van der Waals surface area contributed by atoms with Crippen molar-refractivity contribution in [2.45, 2.75) is 57.7 Å². The van der Waals surface area contributed by atoms with Gasteiger partial charge in [-0.25, -0.2) is 13.6 Å². The van der Waals surface area contributed by atoms with Crippen LogP contribution in [0.1, 0.15) is 66.9 Å². The molecule has 0 saturated heterocycles. The van der Waals surface area contributed by atoms with Gasteiger partial charge in [0.15, 0.2) is 0 Å². The first-order valence-corrected chi connectivity index (χ1v) is 14.1. The lowest BCUT2D eigenvalue weighted by atomic mass is 10.1. The van der Waals surface area contributed by atoms with E-state index in [0.717, 1.165) is 81.2 Å². The molecule has 0 radical (unpaired) electrons. The van der Waals surface area contributed by atoms with Crippen LogP contribution in [0.4, 0.5) is 0 Å². The van der Waals surface area contributed by atoms with E-state index >= 15 is 0 Å². The molecule has 36 heavy (non-hydrogen) atoms. The van der Waals surface area contributed by atoms with Crippen LogP contribution in [0, 0.1) is 0 Å². The van der Waals surface area contributed by atoms with Gasteiger partial charge in [-0.3, -0.25) is 0 Å². The van der Waals surface area contributed by atoms with Crippen LogP contribution in [0.15, 0.2) is 47.9 Å². The van der Waals surface area contributed by atoms with Gasteiger partial charge in [-0.2, -0.15) is 0 Å². The third-order valence-corrected chi connectivity index (χ3v) is 6.31. The first kappa shape index (κ1) is 30.0. The zero-order chi connectivity index (χ0) is 26.2. The van der Waals surface area contributed by atoms with Gasteiger partial charge < -0.3 is 25.4 Å². The molecule has 2 aromatic carbocycles. The fourth-order valence-electron chi connectivity index (χ4n) is 3.76. The molecule has 200 valence electrons. The smallest absolute Gasteiger partial charge is 0.231 e. The quantitative estimate of drug-likeness (QED) is 0.190. The van der Waals surface area contributed by atoms with Crippen molar-refractivity contribution in [3.8, 4) is 5.75 Å². The molecule has 1 atom stereocenters. The van der Waals surface area contributed by atoms with Gasteiger partial charge in [0.2, 0.25) is 10.0 Å². The zero-order valence-electron chi connectivity index (χ0n) is 20.8. The number of benzene rings is 2. The van der Waals surface area contributed by atoms with Crippen molar-refractivity contribution >= 4 is 16.1 Å². The van der Waals surface area contributed by atoms with Crippen molar-refractivity contribution in [2.24, 2.45) is 5.14 Å². The van der Waals surface area contributed by atoms with E-state index in [2.05, 4.69) is 5.32 Å². The number of aromatic hydroxyl groups is 1. The zero-order valence-corrected chi connectivity index (χ0v) is 21.6. The summed E-state index contributed by atoms with van der Waals surface area (Å²) >= 11 is 0. The Kier molecular flexibility index (Phi) is 13.7. The number of unbranched alkanes of at least 4 members (excludes halogenated alkanes) is 4. The van der Waals surface area contributed by atoms with E-state index in [4.69, 9.17) is 9.88 Å². The Labute approximate surface area is 214 Å². The highest BCUT2D eigenvalue weighted by atomic mass is 32.2. The Balaban J connectivity index is 1.44. The first-order chi connectivity index (χ1) is 17.3. The molecule has 0 heterocycles. The van der Waals surface area contributed by atoms with Gasteiger partial charge in [-0.15, -0.1) is 0 Å². The highest BCUT2D eigenvalue weighted by molar-refractivity contribution is 7.92. The van der Waals surface area contributed by atoms with Crippen molar-refractivity contribution in [3.63, 3.8) is 0 Å². The maximum atomic E-state index is 11.0. The summed E-state index contributed by atoms with van der Waals surface area (Å²) in [5.74, 6) is 0.0332. The van der Waals surface area contributed by atoms with Crippen molar-refractivity contribution in [1.82, 2.24) is 5.32 Å². The number of hydrogen-bond donors (Lipinski definition) is 5. The fraction of sp³-hybridized carbons (Fsp3) is 0.481. The second kappa shape index (κ2) is 16.5. The minimum atomic E-state index is -3.61. The van der Waals surface area contributed by atoms with Crippen LogP contribution in [-0.4, -0.2) is 50.0 Å². The minimum absolute atomic E-state index is 0.0332. The molecule has 0 spiro atoms. The molecule has 0 bridgehead atoms. The largest absolute Gasteiger partial charge is 0.508 e. The third kappa shape index (κ3) is 12.6. The second-order valence-electron chi connectivity index (χ2n) is 8.89. The normalized spacial score (nSPS) is 12.9. The van der Waals surface area contributed by atoms with Gasteiger partial charge in [0.1, 0.15) is 5.75 Å². The fourth-order valence-corrected chi connectivity index (χ4v) is 4.11. The van der Waals surface area contributed by atoms with Gasteiger partial charge in [0, 0.05) is 30.7 Å². The topological polar surface area (TPSA) is 142 Å². The number of nitrogens with one attached hydrogen (secondary N) is 1. The summed E-state index contributed by atoms with van der Waals surface area (Å²) in [6.45, 7) is 2.48. The molecule has 0 aromatic heterocycles. The predicted molar refractivity (Wildman–Crippen MR) is 143 cm³/mol. The summed E-state index contributed by atoms with van der Waals surface area (Å²) in [7, 11) is -3.61. The number of rotatable bonds is 18. The molecule has 0 aliphatic heterocycles. The van der Waals surface area contributed by atoms with Crippen LogP contribution < -0.4 is 10.5 Å². The molecule has 0 saturated carbocycles. The molecule has 9 heteroatoms. The van der Waals surface area contributed by atoms with Gasteiger partial charge in [0.05, 0.1) is 12.7 Å². The Morgan fingerprint density at radius 3 is 2.50 bits per heavy atom. The molecule has 0 fully saturated rings. The molecule has 0 unspecified atom stereocenters. The summed E-state index contributed by atoms with van der Waals surface area (Å²) in [4.78, 5) is 0. The molecule has 0 aliphatic carbocycles. The van der Waals surface area contributed by atoms with Gasteiger partial charge in [-0.05, 0) is 73.5 Å². The number of hydrogen-bond acceptors (Lipinski definition) is 7. The Bertz CT molecular complexity index is 1040. The van der Waals surface area contributed by atoms with Crippen LogP contribution in [-0.2, 0) is 27.8 Å². The molecular formula is C27H40N2O6S. The minimum Gasteiger partial charge on any atom is -0.508 e. The summed E-state index contributed by atoms with van der Waals surface area (Å²) < 4.78 is 27.8. The maximum absolute atomic E-state index is 11.0. The number of aliphatic hydroxyl groups is 2. The number of nitrogens with two attached hydrogens (primary N) is 1. The van der Waals surface area contributed by atoms with Crippen LogP contribution >= 0.6 is 0 Å². The van der Waals surface area contributed by atoms with E-state index in [1.54, 1.807) is 12.1 Å². The average Bonchev–Trinajstić information content (AvgIpc) is 2.85. The molecule has 2 rings (SSSR count). The Hall–Kier alpha value is -2.27. The summed E-state index contributed by atoms with van der Waals surface area (Å²) in [6.07, 6.45) is 7.96. The van der Waals surface area contributed by atoms with Crippen molar-refractivity contribution in [3.05, 3.63) is 70.1 Å². The van der Waals surface area contributed by atoms with Crippen molar-refractivity contribution in [1.29, 1.82) is 0 Å². The highest BCUT2D eigenvalue weighted by Gasteiger charge is 2.09. The number of phenols is 1. The maximum Gasteiger partial charge on any atom is 0.231 e. The van der Waals surface area contributed by atoms with Crippen LogP contribution in [0.3, 0.4) is 0 Å². The van der Waals surface area contributed by atoms with Crippen LogP contribution in [0.2, 0.25) is 0 Å². The molecular weight excluding hydrogens is 480 g/mol. The number of primary sulfonamides is 1. The number of sulfonamides is 1. The van der Waals surface area contributed by atoms with Gasteiger partial charge in [-0.1, -0.05) is 43.2 Å². The van der Waals surface area contributed by atoms with Crippen molar-refractivity contribution < 1.29 is 28.5 Å². The van der Waals surface area contributed by atoms with E-state index in [0.29, 0.717) is 17.7 Å². The lowest BCUT2D eigenvalue weighted by Crippen LogP contribution is -2.22. The molecule has 0 amide bonds. The Morgan fingerprint density at radius 2 is 1.75 bits per heavy atom. The van der Waals surface area contributed by atoms with Gasteiger partial charge in [0.25, 0.3) is 0 Å². The molecule has 2 aromatic rings. The number of ether oxygens (including phenoxy) is 1. The predicted octanol–water partition coefficient (Wildman–Crippen LogP) is 3.37. The summed E-state index contributed by atoms with van der Waals surface area (Å²) in [5, 5.41) is 38.3. The molecule has 0 aliphatic rings. The van der Waals surface area contributed by atoms with Crippen LogP contribution in [0.5, 0.6) is 5.75 Å². The van der Waals surface area contributed by atoms with Gasteiger partial charge >= 0.3 is 0 Å². The Morgan fingerprint density at radius 1 is 1.00 bits per heavy atom. The van der Waals surface area contributed by atoms with Crippen LogP contribution in [0.25, 0.3) is 6.08 Å². The SMILES string of the molecule is NS(=O)(=O)/C=C/c1cccc(CCCCOCCCCCCNC[C@@H](O)c2ccc(O)c(CO)c2)c1. The number of aryl methyl sites for hydroxylation is 1. The van der Waals surface area contributed by atoms with Crippen molar-refractivity contribution in [2.75, 3.05) is 26.3 Å². The summed E-state index contributed by atoms with van der Waals surface area (Å²) in [5.41, 5.74) is 3.06. The first-order valence-electron chi connectivity index (χ1n) is 12.5. The van der Waals surface area contributed by atoms with E-state index in [9.17, 15) is 23.7 Å². The lowest BCUT2D eigenvalue weighted by molar-refractivity contribution is 0.126. The van der Waals surface area contributed by atoms with E-state index in [1.165, 1.54) is 12.1 Å². The van der Waals surface area contributed by atoms with E-state index in [1.807, 2.05) is 24.3 Å². The third-order valence-electron chi connectivity index (χ3n) is 5.79.